The number of amidine groups is 1. The number of ether oxygens (including phenoxy) is 2. The summed E-state index contributed by atoms with van der Waals surface area (Å²) in [5, 5.41) is 2.75. The van der Waals surface area contributed by atoms with Crippen molar-refractivity contribution in [1.29, 1.82) is 0 Å². The number of hydrogen-bond acceptors (Lipinski definition) is 7. The van der Waals surface area contributed by atoms with Gasteiger partial charge in [0, 0.05) is 18.8 Å². The third-order valence-corrected chi connectivity index (χ3v) is 7.32. The number of esters is 1. The number of carbonyl (C=O) groups excluding carboxylic acids is 2. The van der Waals surface area contributed by atoms with Crippen molar-refractivity contribution >= 4 is 28.8 Å². The Morgan fingerprint density at radius 3 is 2.41 bits per heavy atom. The van der Waals surface area contributed by atoms with Crippen LogP contribution in [0.5, 0.6) is 0 Å². The average Bonchev–Trinajstić information content (AvgIpc) is 3.18. The Bertz CT molecular complexity index is 1050. The molecule has 1 aromatic carbocycles. The highest BCUT2D eigenvalue weighted by Crippen LogP contribution is 2.45. The van der Waals surface area contributed by atoms with E-state index in [-0.39, 0.29) is 24.5 Å². The summed E-state index contributed by atoms with van der Waals surface area (Å²) >= 11 is 1.49. The van der Waals surface area contributed by atoms with Gasteiger partial charge in [0.15, 0.2) is 5.17 Å². The lowest BCUT2D eigenvalue weighted by atomic mass is 9.92. The second kappa shape index (κ2) is 9.96. The zero-order valence-corrected chi connectivity index (χ0v) is 21.5. The summed E-state index contributed by atoms with van der Waals surface area (Å²) in [7, 11) is 1.39. The molecule has 0 aliphatic carbocycles. The molecule has 4 rings (SSSR count). The van der Waals surface area contributed by atoms with Gasteiger partial charge in [0.05, 0.1) is 43.1 Å². The van der Waals surface area contributed by atoms with Crippen LogP contribution in [0, 0.1) is 0 Å². The number of rotatable bonds is 5. The van der Waals surface area contributed by atoms with Crippen molar-refractivity contribution in [3.05, 3.63) is 57.8 Å². The number of methoxy groups -OCH3 is 1. The van der Waals surface area contributed by atoms with E-state index in [1.54, 1.807) is 0 Å². The molecule has 3 unspecified atom stereocenters. The summed E-state index contributed by atoms with van der Waals surface area (Å²) in [6, 6.07) is 7.92. The molecular formula is C26H33N3O4S. The molecule has 0 saturated carbocycles. The molecule has 0 radical (unpaired) electrons. The van der Waals surface area contributed by atoms with Gasteiger partial charge in [0.1, 0.15) is 0 Å². The van der Waals surface area contributed by atoms with Crippen molar-refractivity contribution in [3.63, 3.8) is 0 Å². The fraction of sp³-hybridized carbons (Fsp3) is 0.500. The Morgan fingerprint density at radius 2 is 1.82 bits per heavy atom. The van der Waals surface area contributed by atoms with Gasteiger partial charge in [0.25, 0.3) is 0 Å². The van der Waals surface area contributed by atoms with E-state index in [0.29, 0.717) is 30.3 Å². The Hall–Kier alpha value is -2.58. The van der Waals surface area contributed by atoms with E-state index in [9.17, 15) is 9.59 Å². The molecule has 3 heterocycles. The second-order valence-electron chi connectivity index (χ2n) is 9.44. The number of thioether (sulfide) groups is 1. The largest absolute Gasteiger partial charge is 0.466 e. The van der Waals surface area contributed by atoms with E-state index in [0.717, 1.165) is 16.4 Å². The zero-order chi connectivity index (χ0) is 24.6. The van der Waals surface area contributed by atoms with Crippen LogP contribution >= 0.6 is 11.8 Å². The number of morpholine rings is 1. The number of allylic oxidation sites excluding steroid dienone is 1. The quantitative estimate of drug-likeness (QED) is 0.571. The third kappa shape index (κ3) is 4.79. The molecule has 1 saturated heterocycles. The molecule has 0 aromatic heterocycles. The third-order valence-electron chi connectivity index (χ3n) is 6.43. The van der Waals surface area contributed by atoms with E-state index in [2.05, 4.69) is 38.1 Å². The number of aliphatic imine (C=N–C) groups is 1. The van der Waals surface area contributed by atoms with Gasteiger partial charge in [-0.05, 0) is 43.2 Å². The van der Waals surface area contributed by atoms with E-state index in [1.807, 2.05) is 36.0 Å². The Kier molecular flexibility index (Phi) is 7.19. The van der Waals surface area contributed by atoms with Gasteiger partial charge in [-0.25, -0.2) is 9.79 Å². The number of fused-ring (bicyclic) bond motifs is 1. The van der Waals surface area contributed by atoms with Crippen LogP contribution in [0.3, 0.4) is 0 Å². The fourth-order valence-corrected chi connectivity index (χ4v) is 5.73. The lowest BCUT2D eigenvalue weighted by molar-refractivity contribution is -0.142. The maximum atomic E-state index is 13.3. The van der Waals surface area contributed by atoms with Crippen LogP contribution in [0.2, 0.25) is 0 Å². The van der Waals surface area contributed by atoms with Crippen molar-refractivity contribution in [3.8, 4) is 0 Å². The zero-order valence-electron chi connectivity index (χ0n) is 20.7. The Morgan fingerprint density at radius 1 is 1.18 bits per heavy atom. The summed E-state index contributed by atoms with van der Waals surface area (Å²) < 4.78 is 10.9. The SMILES string of the molecule is COC(=O)C1=C(C)N=C2SC=C(CC(=O)N3CC(C)OC(C)C3)N2C1c1ccc(C(C)C)cc1. The van der Waals surface area contributed by atoms with E-state index < -0.39 is 12.0 Å². The number of amides is 1. The van der Waals surface area contributed by atoms with Crippen LogP contribution in [0.1, 0.15) is 64.1 Å². The first-order chi connectivity index (χ1) is 16.2. The molecule has 1 fully saturated rings. The van der Waals surface area contributed by atoms with Gasteiger partial charge in [-0.1, -0.05) is 49.9 Å². The first-order valence-electron chi connectivity index (χ1n) is 11.7. The van der Waals surface area contributed by atoms with Gasteiger partial charge in [0.2, 0.25) is 5.91 Å². The Labute approximate surface area is 205 Å². The monoisotopic (exact) mass is 483 g/mol. The van der Waals surface area contributed by atoms with Gasteiger partial charge >= 0.3 is 5.97 Å². The van der Waals surface area contributed by atoms with Gasteiger partial charge in [-0.15, -0.1) is 0 Å². The smallest absolute Gasteiger partial charge is 0.338 e. The summed E-state index contributed by atoms with van der Waals surface area (Å²) in [6.07, 6.45) is 0.255. The van der Waals surface area contributed by atoms with Crippen LogP contribution in [-0.2, 0) is 19.1 Å². The number of nitrogens with zero attached hydrogens (tertiary/aromatic N) is 3. The molecule has 182 valence electrons. The molecule has 3 atom stereocenters. The minimum atomic E-state index is -0.406. The predicted molar refractivity (Wildman–Crippen MR) is 134 cm³/mol. The molecular weight excluding hydrogens is 450 g/mol. The number of carbonyl (C=O) groups is 2. The van der Waals surface area contributed by atoms with E-state index >= 15 is 0 Å². The van der Waals surface area contributed by atoms with Crippen LogP contribution in [0.4, 0.5) is 0 Å². The molecule has 3 aliphatic rings. The molecule has 0 spiro atoms. The minimum absolute atomic E-state index is 0.00970. The standard InChI is InChI=1S/C26H33N3O4S/c1-15(2)19-7-9-20(10-8-19)24-23(25(31)32-6)18(5)27-26-29(24)21(14-34-26)11-22(30)28-12-16(3)33-17(4)13-28/h7-10,14-17,24H,11-13H2,1-6H3. The number of hydrogen-bond donors (Lipinski definition) is 0. The highest BCUT2D eigenvalue weighted by Gasteiger charge is 2.41. The van der Waals surface area contributed by atoms with Gasteiger partial charge < -0.3 is 19.3 Å². The molecule has 0 N–H and O–H groups in total. The highest BCUT2D eigenvalue weighted by molar-refractivity contribution is 8.16. The first kappa shape index (κ1) is 24.5. The van der Waals surface area contributed by atoms with E-state index in [1.165, 1.54) is 24.4 Å². The minimum Gasteiger partial charge on any atom is -0.466 e. The number of benzene rings is 1. The molecule has 34 heavy (non-hydrogen) atoms. The summed E-state index contributed by atoms with van der Waals surface area (Å²) in [5.74, 6) is 0.0511. The lowest BCUT2D eigenvalue weighted by Gasteiger charge is -2.38. The molecule has 0 bridgehead atoms. The Balaban J connectivity index is 1.67. The summed E-state index contributed by atoms with van der Waals surface area (Å²) in [5.41, 5.74) is 4.17. The average molecular weight is 484 g/mol. The maximum absolute atomic E-state index is 13.3. The molecule has 1 aromatic rings. The predicted octanol–water partition coefficient (Wildman–Crippen LogP) is 4.58. The maximum Gasteiger partial charge on any atom is 0.338 e. The van der Waals surface area contributed by atoms with Crippen molar-refractivity contribution in [2.45, 2.75) is 65.2 Å². The topological polar surface area (TPSA) is 71.4 Å². The molecule has 8 heteroatoms. The van der Waals surface area contributed by atoms with Crippen molar-refractivity contribution in [2.24, 2.45) is 4.99 Å². The lowest BCUT2D eigenvalue weighted by Crippen LogP contribution is -2.48. The second-order valence-corrected chi connectivity index (χ2v) is 10.3. The van der Waals surface area contributed by atoms with Gasteiger partial charge in [-0.2, -0.15) is 0 Å². The van der Waals surface area contributed by atoms with Crippen molar-refractivity contribution in [1.82, 2.24) is 9.80 Å². The molecule has 7 nitrogen and oxygen atoms in total. The van der Waals surface area contributed by atoms with E-state index in [4.69, 9.17) is 14.5 Å². The van der Waals surface area contributed by atoms with Crippen molar-refractivity contribution < 1.29 is 19.1 Å². The molecule has 1 amide bonds. The van der Waals surface area contributed by atoms with Crippen LogP contribution in [0.25, 0.3) is 0 Å². The fourth-order valence-electron chi connectivity index (χ4n) is 4.77. The van der Waals surface area contributed by atoms with Crippen LogP contribution in [-0.4, -0.2) is 59.3 Å². The van der Waals surface area contributed by atoms with Gasteiger partial charge in [-0.3, -0.25) is 4.79 Å². The summed E-state index contributed by atoms with van der Waals surface area (Å²) in [6.45, 7) is 11.3. The van der Waals surface area contributed by atoms with Crippen LogP contribution < -0.4 is 0 Å². The normalized spacial score (nSPS) is 24.7. The summed E-state index contributed by atoms with van der Waals surface area (Å²) in [4.78, 5) is 34.7. The highest BCUT2D eigenvalue weighted by atomic mass is 32.2. The van der Waals surface area contributed by atoms with Crippen molar-refractivity contribution in [2.75, 3.05) is 20.2 Å². The first-order valence-corrected chi connectivity index (χ1v) is 12.6. The van der Waals surface area contributed by atoms with Crippen LogP contribution in [0.15, 0.2) is 51.6 Å². The molecule has 3 aliphatic heterocycles.